The van der Waals surface area contributed by atoms with E-state index in [1.165, 1.54) is 19.2 Å². The molecule has 1 aromatic heterocycles. The second-order valence-corrected chi connectivity index (χ2v) is 5.91. The Balaban J connectivity index is 1.94. The van der Waals surface area contributed by atoms with Crippen molar-refractivity contribution in [2.24, 2.45) is 5.92 Å². The molecule has 0 radical (unpaired) electrons. The normalized spacial score (nSPS) is 20.8. The second kappa shape index (κ2) is 6.20. The van der Waals surface area contributed by atoms with Gasteiger partial charge in [-0.15, -0.1) is 0 Å². The number of carbonyl (C=O) groups is 1. The lowest BCUT2D eigenvalue weighted by Gasteiger charge is -2.17. The molecule has 122 valence electrons. The van der Waals surface area contributed by atoms with Gasteiger partial charge in [-0.1, -0.05) is 17.7 Å². The maximum atomic E-state index is 14.1. The van der Waals surface area contributed by atoms with Crippen LogP contribution in [0.5, 0.6) is 0 Å². The largest absolute Gasteiger partial charge is 0.469 e. The summed E-state index contributed by atoms with van der Waals surface area (Å²) in [4.78, 5) is 17.0. The van der Waals surface area contributed by atoms with Gasteiger partial charge in [0.15, 0.2) is 0 Å². The lowest BCUT2D eigenvalue weighted by atomic mass is 9.88. The smallest absolute Gasteiger partial charge is 0.311 e. The van der Waals surface area contributed by atoms with Crippen molar-refractivity contribution in [1.29, 1.82) is 0 Å². The van der Waals surface area contributed by atoms with Gasteiger partial charge in [0.05, 0.1) is 13.0 Å². The van der Waals surface area contributed by atoms with Crippen LogP contribution in [0.2, 0.25) is 5.15 Å². The third-order valence-electron chi connectivity index (χ3n) is 4.16. The van der Waals surface area contributed by atoms with Crippen LogP contribution < -0.4 is 4.90 Å². The first-order valence-corrected chi connectivity index (χ1v) is 7.49. The van der Waals surface area contributed by atoms with E-state index in [9.17, 15) is 13.6 Å². The van der Waals surface area contributed by atoms with Gasteiger partial charge in [-0.05, 0) is 23.8 Å². The molecule has 1 aliphatic rings. The molecular formula is C16H15ClF2N2O2. The average molecular weight is 341 g/mol. The van der Waals surface area contributed by atoms with Crippen LogP contribution in [0, 0.1) is 17.6 Å². The molecule has 1 saturated heterocycles. The number of hydrogen-bond donors (Lipinski definition) is 1. The Morgan fingerprint density at radius 1 is 1.30 bits per heavy atom. The number of benzene rings is 1. The Bertz CT molecular complexity index is 735. The molecule has 0 saturated carbocycles. The predicted octanol–water partition coefficient (Wildman–Crippen LogP) is 3.34. The third-order valence-corrected chi connectivity index (χ3v) is 4.38. The monoisotopic (exact) mass is 340 g/mol. The van der Waals surface area contributed by atoms with Crippen LogP contribution in [0.25, 0.3) is 0 Å². The molecule has 0 aliphatic carbocycles. The van der Waals surface area contributed by atoms with E-state index >= 15 is 0 Å². The zero-order valence-corrected chi connectivity index (χ0v) is 13.1. The molecule has 2 heterocycles. The molecule has 3 rings (SSSR count). The summed E-state index contributed by atoms with van der Waals surface area (Å²) in [5.74, 6) is -1.94. The van der Waals surface area contributed by atoms with Crippen LogP contribution >= 0.6 is 11.6 Å². The van der Waals surface area contributed by atoms with Crippen molar-refractivity contribution in [1.82, 2.24) is 4.98 Å². The summed E-state index contributed by atoms with van der Waals surface area (Å²) in [6, 6.07) is 6.91. The molecule has 1 aliphatic heterocycles. The zero-order chi connectivity index (χ0) is 16.6. The van der Waals surface area contributed by atoms with Crippen molar-refractivity contribution in [2.45, 2.75) is 5.92 Å². The number of H-pyrrole nitrogens is 1. The number of anilines is 1. The molecular weight excluding hydrogens is 326 g/mol. The first-order chi connectivity index (χ1) is 11.0. The summed E-state index contributed by atoms with van der Waals surface area (Å²) in [5.41, 5.74) is 0.307. The van der Waals surface area contributed by atoms with E-state index in [-0.39, 0.29) is 0 Å². The van der Waals surface area contributed by atoms with Gasteiger partial charge in [0.25, 0.3) is 0 Å². The van der Waals surface area contributed by atoms with Crippen molar-refractivity contribution >= 4 is 23.4 Å². The number of rotatable bonds is 3. The summed E-state index contributed by atoms with van der Waals surface area (Å²) < 4.78 is 32.1. The number of nitrogens with one attached hydrogen (secondary N) is 1. The van der Waals surface area contributed by atoms with E-state index in [0.29, 0.717) is 23.8 Å². The fraction of sp³-hybridized carbons (Fsp3) is 0.312. The summed E-state index contributed by atoms with van der Waals surface area (Å²) in [7, 11) is 1.30. The lowest BCUT2D eigenvalue weighted by molar-refractivity contribution is -0.145. The maximum absolute atomic E-state index is 14.1. The SMILES string of the molecule is COC(=O)[C@@H]1CN(c2ccc(Cl)[nH]2)C[C@H]1c1ccc(F)cc1F. The van der Waals surface area contributed by atoms with E-state index in [1.54, 1.807) is 12.1 Å². The van der Waals surface area contributed by atoms with E-state index in [2.05, 4.69) is 4.98 Å². The molecule has 7 heteroatoms. The zero-order valence-electron chi connectivity index (χ0n) is 12.4. The third kappa shape index (κ3) is 3.03. The van der Waals surface area contributed by atoms with Gasteiger partial charge in [-0.3, -0.25) is 4.79 Å². The van der Waals surface area contributed by atoms with E-state index in [1.807, 2.05) is 4.90 Å². The minimum atomic E-state index is -0.657. The minimum Gasteiger partial charge on any atom is -0.469 e. The molecule has 2 atom stereocenters. The van der Waals surface area contributed by atoms with E-state index in [0.717, 1.165) is 11.9 Å². The first-order valence-electron chi connectivity index (χ1n) is 7.12. The quantitative estimate of drug-likeness (QED) is 0.872. The Hall–Kier alpha value is -2.08. The Morgan fingerprint density at radius 2 is 2.09 bits per heavy atom. The highest BCUT2D eigenvalue weighted by Crippen LogP contribution is 2.37. The molecule has 2 aromatic rings. The van der Waals surface area contributed by atoms with Gasteiger partial charge in [-0.25, -0.2) is 8.78 Å². The average Bonchev–Trinajstić information content (AvgIpc) is 3.13. The van der Waals surface area contributed by atoms with Crippen molar-refractivity contribution in [3.63, 3.8) is 0 Å². The highest BCUT2D eigenvalue weighted by molar-refractivity contribution is 6.29. The highest BCUT2D eigenvalue weighted by atomic mass is 35.5. The molecule has 23 heavy (non-hydrogen) atoms. The van der Waals surface area contributed by atoms with Gasteiger partial charge in [0.2, 0.25) is 0 Å². The van der Waals surface area contributed by atoms with E-state index < -0.39 is 29.4 Å². The topological polar surface area (TPSA) is 45.3 Å². The summed E-state index contributed by atoms with van der Waals surface area (Å²) in [6.45, 7) is 0.768. The number of ether oxygens (including phenoxy) is 1. The Labute approximate surface area is 137 Å². The molecule has 0 amide bonds. The molecule has 0 spiro atoms. The number of aromatic nitrogens is 1. The molecule has 1 aromatic carbocycles. The fourth-order valence-electron chi connectivity index (χ4n) is 3.05. The first kappa shape index (κ1) is 15.8. The van der Waals surface area contributed by atoms with Gasteiger partial charge >= 0.3 is 5.97 Å². The van der Waals surface area contributed by atoms with Crippen LogP contribution in [0.3, 0.4) is 0 Å². The van der Waals surface area contributed by atoms with Crippen molar-refractivity contribution < 1.29 is 18.3 Å². The molecule has 0 bridgehead atoms. The molecule has 1 fully saturated rings. The predicted molar refractivity (Wildman–Crippen MR) is 82.6 cm³/mol. The van der Waals surface area contributed by atoms with Gasteiger partial charge < -0.3 is 14.6 Å². The van der Waals surface area contributed by atoms with E-state index in [4.69, 9.17) is 16.3 Å². The number of hydrogen-bond acceptors (Lipinski definition) is 3. The van der Waals surface area contributed by atoms with Crippen LogP contribution in [0.15, 0.2) is 30.3 Å². The van der Waals surface area contributed by atoms with Crippen LogP contribution in [-0.4, -0.2) is 31.2 Å². The molecule has 4 nitrogen and oxygen atoms in total. The number of esters is 1. The van der Waals surface area contributed by atoms with Crippen LogP contribution in [0.4, 0.5) is 14.6 Å². The highest BCUT2D eigenvalue weighted by Gasteiger charge is 2.41. The number of aromatic amines is 1. The number of halogens is 3. The standard InChI is InChI=1S/C16H15ClF2N2O2/c1-23-16(22)12-8-21(15-5-4-14(17)20-15)7-11(12)10-3-2-9(18)6-13(10)19/h2-6,11-12,20H,7-8H2,1H3/t11-,12+/m0/s1. The van der Waals surface area contributed by atoms with Crippen molar-refractivity contribution in [2.75, 3.05) is 25.1 Å². The number of carbonyl (C=O) groups excluding carboxylic acids is 1. The van der Waals surface area contributed by atoms with Crippen LogP contribution in [-0.2, 0) is 9.53 Å². The summed E-state index contributed by atoms with van der Waals surface area (Å²) in [6.07, 6.45) is 0. The fourth-order valence-corrected chi connectivity index (χ4v) is 3.21. The molecule has 0 unspecified atom stereocenters. The maximum Gasteiger partial charge on any atom is 0.311 e. The van der Waals surface area contributed by atoms with Crippen LogP contribution in [0.1, 0.15) is 11.5 Å². The second-order valence-electron chi connectivity index (χ2n) is 5.50. The van der Waals surface area contributed by atoms with Gasteiger partial charge in [-0.2, -0.15) is 0 Å². The lowest BCUT2D eigenvalue weighted by Crippen LogP contribution is -2.24. The van der Waals surface area contributed by atoms with Crippen molar-refractivity contribution in [3.8, 4) is 0 Å². The summed E-state index contributed by atoms with van der Waals surface area (Å²) >= 11 is 5.89. The van der Waals surface area contributed by atoms with Crippen molar-refractivity contribution in [3.05, 3.63) is 52.7 Å². The number of methoxy groups -OCH3 is 1. The molecule has 1 N–H and O–H groups in total. The number of nitrogens with zero attached hydrogens (tertiary/aromatic N) is 1. The minimum absolute atomic E-state index is 0.307. The summed E-state index contributed by atoms with van der Waals surface area (Å²) in [5, 5.41) is 0.478. The Morgan fingerprint density at radius 3 is 2.70 bits per heavy atom. The van der Waals surface area contributed by atoms with Gasteiger partial charge in [0.1, 0.15) is 22.6 Å². The Kier molecular flexibility index (Phi) is 4.26. The van der Waals surface area contributed by atoms with Gasteiger partial charge in [0, 0.05) is 25.1 Å².